The molecule has 1 aliphatic rings. The number of hydrogen-bond donors (Lipinski definition) is 2. The molecule has 2 rings (SSSR count). The summed E-state index contributed by atoms with van der Waals surface area (Å²) in [4.78, 5) is 6.75. The predicted octanol–water partition coefficient (Wildman–Crippen LogP) is 1.68. The van der Waals surface area contributed by atoms with Crippen LogP contribution in [0.25, 0.3) is 0 Å². The highest BCUT2D eigenvalue weighted by Crippen LogP contribution is 2.29. The van der Waals surface area contributed by atoms with Crippen LogP contribution in [0.3, 0.4) is 0 Å². The molecule has 0 aliphatic carbocycles. The van der Waals surface area contributed by atoms with Crippen LogP contribution in [0.5, 0.6) is 0 Å². The van der Waals surface area contributed by atoms with E-state index in [1.807, 2.05) is 20.8 Å². The predicted molar refractivity (Wildman–Crippen MR) is 79.5 cm³/mol. The van der Waals surface area contributed by atoms with Gasteiger partial charge < -0.3 is 15.4 Å². The van der Waals surface area contributed by atoms with Crippen LogP contribution in [-0.2, 0) is 11.3 Å². The number of rotatable bonds is 4. The van der Waals surface area contributed by atoms with Gasteiger partial charge in [0.15, 0.2) is 5.82 Å². The molecule has 0 amide bonds. The second-order valence-electron chi connectivity index (χ2n) is 7.02. The number of H-pyrrole nitrogens is 1. The Kier molecular flexibility index (Phi) is 4.34. The molecule has 0 saturated carbocycles. The van der Waals surface area contributed by atoms with Gasteiger partial charge in [0.1, 0.15) is 6.61 Å². The molecule has 3 N–H and O–H groups in total. The van der Waals surface area contributed by atoms with Gasteiger partial charge in [0, 0.05) is 13.1 Å². The maximum atomic E-state index is 5.88. The Morgan fingerprint density at radius 2 is 2.20 bits per heavy atom. The lowest BCUT2D eigenvalue weighted by molar-refractivity contribution is -0.0179. The van der Waals surface area contributed by atoms with Gasteiger partial charge in [-0.2, -0.15) is 4.98 Å². The Bertz CT molecular complexity index is 439. The van der Waals surface area contributed by atoms with Crippen molar-refractivity contribution in [2.24, 2.45) is 11.1 Å². The van der Waals surface area contributed by atoms with Gasteiger partial charge in [-0.15, -0.1) is 5.10 Å². The molecule has 1 aromatic heterocycles. The Morgan fingerprint density at radius 3 is 2.85 bits per heavy atom. The van der Waals surface area contributed by atoms with Crippen LogP contribution in [-0.4, -0.2) is 40.4 Å². The maximum absolute atomic E-state index is 5.88. The zero-order valence-corrected chi connectivity index (χ0v) is 13.1. The molecule has 1 saturated heterocycles. The van der Waals surface area contributed by atoms with Crippen LogP contribution in [0, 0.1) is 5.41 Å². The summed E-state index contributed by atoms with van der Waals surface area (Å²) in [6.45, 7) is 11.4. The highest BCUT2D eigenvalue weighted by molar-refractivity contribution is 5.30. The van der Waals surface area contributed by atoms with Crippen LogP contribution in [0.2, 0.25) is 0 Å². The molecule has 114 valence electrons. The molecule has 1 fully saturated rings. The molecule has 0 aromatic carbocycles. The van der Waals surface area contributed by atoms with E-state index in [9.17, 15) is 0 Å². The first-order chi connectivity index (χ1) is 9.31. The zero-order valence-electron chi connectivity index (χ0n) is 13.1. The lowest BCUT2D eigenvalue weighted by Gasteiger charge is -2.39. The van der Waals surface area contributed by atoms with E-state index >= 15 is 0 Å². The van der Waals surface area contributed by atoms with E-state index in [0.717, 1.165) is 31.3 Å². The molecule has 1 aromatic rings. The second-order valence-corrected chi connectivity index (χ2v) is 7.02. The SMILES string of the molecule is CC1(CN)CCCN(c2n[nH]c(COC(C)(C)C)n2)C1. The van der Waals surface area contributed by atoms with Gasteiger partial charge in [-0.3, -0.25) is 5.10 Å². The van der Waals surface area contributed by atoms with Crippen LogP contribution in [0.15, 0.2) is 0 Å². The summed E-state index contributed by atoms with van der Waals surface area (Å²) in [6.07, 6.45) is 2.31. The van der Waals surface area contributed by atoms with Crippen LogP contribution in [0.4, 0.5) is 5.95 Å². The van der Waals surface area contributed by atoms with E-state index < -0.39 is 0 Å². The van der Waals surface area contributed by atoms with Crippen molar-refractivity contribution in [3.05, 3.63) is 5.82 Å². The van der Waals surface area contributed by atoms with Gasteiger partial charge in [0.2, 0.25) is 5.95 Å². The number of aromatic nitrogens is 3. The molecule has 0 radical (unpaired) electrons. The van der Waals surface area contributed by atoms with E-state index in [1.165, 1.54) is 6.42 Å². The highest BCUT2D eigenvalue weighted by Gasteiger charge is 2.31. The van der Waals surface area contributed by atoms with Crippen molar-refractivity contribution in [1.82, 2.24) is 15.2 Å². The van der Waals surface area contributed by atoms with E-state index in [-0.39, 0.29) is 11.0 Å². The fraction of sp³-hybridized carbons (Fsp3) is 0.857. The first-order valence-electron chi connectivity index (χ1n) is 7.32. The van der Waals surface area contributed by atoms with Crippen molar-refractivity contribution in [3.63, 3.8) is 0 Å². The largest absolute Gasteiger partial charge is 0.368 e. The second kappa shape index (κ2) is 5.69. The lowest BCUT2D eigenvalue weighted by Crippen LogP contribution is -2.46. The molecule has 1 unspecified atom stereocenters. The summed E-state index contributed by atoms with van der Waals surface area (Å²) in [6, 6.07) is 0. The average molecular weight is 281 g/mol. The van der Waals surface area contributed by atoms with Crippen molar-refractivity contribution >= 4 is 5.95 Å². The Morgan fingerprint density at radius 1 is 1.45 bits per heavy atom. The van der Waals surface area contributed by atoms with Crippen molar-refractivity contribution < 1.29 is 4.74 Å². The van der Waals surface area contributed by atoms with E-state index in [4.69, 9.17) is 10.5 Å². The first-order valence-corrected chi connectivity index (χ1v) is 7.32. The number of hydrogen-bond acceptors (Lipinski definition) is 5. The first kappa shape index (κ1) is 15.3. The summed E-state index contributed by atoms with van der Waals surface area (Å²) < 4.78 is 5.71. The zero-order chi connectivity index (χ0) is 14.8. The minimum absolute atomic E-state index is 0.168. The molecule has 1 aliphatic heterocycles. The van der Waals surface area contributed by atoms with Crippen molar-refractivity contribution in [2.45, 2.75) is 52.7 Å². The van der Waals surface area contributed by atoms with E-state index in [0.29, 0.717) is 13.2 Å². The van der Waals surface area contributed by atoms with Crippen molar-refractivity contribution in [2.75, 3.05) is 24.5 Å². The highest BCUT2D eigenvalue weighted by atomic mass is 16.5. The van der Waals surface area contributed by atoms with Crippen LogP contribution >= 0.6 is 0 Å². The number of anilines is 1. The summed E-state index contributed by atoms with van der Waals surface area (Å²) in [5.41, 5.74) is 5.88. The summed E-state index contributed by atoms with van der Waals surface area (Å²) in [5, 5.41) is 7.27. The molecule has 2 heterocycles. The third kappa shape index (κ3) is 3.93. The number of nitrogens with two attached hydrogens (primary N) is 1. The molecular weight excluding hydrogens is 254 g/mol. The summed E-state index contributed by atoms with van der Waals surface area (Å²) >= 11 is 0. The third-order valence-corrected chi connectivity index (χ3v) is 3.72. The van der Waals surface area contributed by atoms with Gasteiger partial charge in [-0.05, 0) is 45.6 Å². The molecule has 6 nitrogen and oxygen atoms in total. The normalized spacial score (nSPS) is 24.1. The topological polar surface area (TPSA) is 80.1 Å². The van der Waals surface area contributed by atoms with Gasteiger partial charge in [-0.1, -0.05) is 6.92 Å². The average Bonchev–Trinajstić information content (AvgIpc) is 2.84. The number of nitrogens with zero attached hydrogens (tertiary/aromatic N) is 3. The monoisotopic (exact) mass is 281 g/mol. The minimum Gasteiger partial charge on any atom is -0.368 e. The van der Waals surface area contributed by atoms with Gasteiger partial charge >= 0.3 is 0 Å². The third-order valence-electron chi connectivity index (χ3n) is 3.72. The van der Waals surface area contributed by atoms with Gasteiger partial charge in [0.05, 0.1) is 5.60 Å². The Balaban J connectivity index is 1.98. The molecule has 0 spiro atoms. The fourth-order valence-corrected chi connectivity index (χ4v) is 2.43. The van der Waals surface area contributed by atoms with Gasteiger partial charge in [0.25, 0.3) is 0 Å². The number of nitrogens with one attached hydrogen (secondary N) is 1. The minimum atomic E-state index is -0.170. The van der Waals surface area contributed by atoms with E-state index in [2.05, 4.69) is 27.0 Å². The summed E-state index contributed by atoms with van der Waals surface area (Å²) in [5.74, 6) is 1.53. The molecular formula is C14H27N5O. The molecule has 6 heteroatoms. The number of ether oxygens (including phenoxy) is 1. The Hall–Kier alpha value is -1.14. The van der Waals surface area contributed by atoms with Crippen LogP contribution < -0.4 is 10.6 Å². The standard InChI is InChI=1S/C14H27N5O/c1-13(2,3)20-8-11-16-12(18-17-11)19-7-5-6-14(4,9-15)10-19/h5-10,15H2,1-4H3,(H,16,17,18). The van der Waals surface area contributed by atoms with Crippen molar-refractivity contribution in [3.8, 4) is 0 Å². The van der Waals surface area contributed by atoms with Gasteiger partial charge in [-0.25, -0.2) is 0 Å². The Labute approximate surface area is 121 Å². The quantitative estimate of drug-likeness (QED) is 0.878. The summed E-state index contributed by atoms with van der Waals surface area (Å²) in [7, 11) is 0. The molecule has 0 bridgehead atoms. The smallest absolute Gasteiger partial charge is 0.244 e. The van der Waals surface area contributed by atoms with E-state index in [1.54, 1.807) is 0 Å². The number of piperidine rings is 1. The lowest BCUT2D eigenvalue weighted by atomic mass is 9.82. The molecule has 20 heavy (non-hydrogen) atoms. The maximum Gasteiger partial charge on any atom is 0.244 e. The number of aromatic amines is 1. The van der Waals surface area contributed by atoms with Crippen LogP contribution in [0.1, 0.15) is 46.4 Å². The molecule has 1 atom stereocenters. The van der Waals surface area contributed by atoms with Crippen molar-refractivity contribution in [1.29, 1.82) is 0 Å². The fourth-order valence-electron chi connectivity index (χ4n) is 2.43.